The molecule has 2 aromatic carbocycles. The largest absolute Gasteiger partial charge is 0.325 e. The van der Waals surface area contributed by atoms with Gasteiger partial charge in [0.1, 0.15) is 6.54 Å². The number of amides is 2. The topological polar surface area (TPSA) is 62.6 Å². The van der Waals surface area contributed by atoms with Gasteiger partial charge < -0.3 is 15.5 Å². The summed E-state index contributed by atoms with van der Waals surface area (Å²) >= 11 is 7.47. The average Bonchev–Trinajstić information content (AvgIpc) is 3.07. The van der Waals surface area contributed by atoms with Crippen LogP contribution in [0.1, 0.15) is 15.2 Å². The van der Waals surface area contributed by atoms with E-state index in [0.717, 1.165) is 14.1 Å². The van der Waals surface area contributed by atoms with Crippen LogP contribution < -0.4 is 15.5 Å². The highest BCUT2D eigenvalue weighted by atomic mass is 35.5. The van der Waals surface area contributed by atoms with Gasteiger partial charge >= 0.3 is 0 Å². The fraction of sp³-hybridized carbons (Fsp3) is 0.143. The van der Waals surface area contributed by atoms with Crippen molar-refractivity contribution in [2.75, 3.05) is 24.2 Å². The van der Waals surface area contributed by atoms with Crippen LogP contribution in [0.15, 0.2) is 66.7 Å². The first-order chi connectivity index (χ1) is 13.5. The number of benzene rings is 2. The summed E-state index contributed by atoms with van der Waals surface area (Å²) in [5.74, 6) is -0.420. The van der Waals surface area contributed by atoms with Crippen LogP contribution in [-0.2, 0) is 11.3 Å². The van der Waals surface area contributed by atoms with Crippen molar-refractivity contribution < 1.29 is 14.5 Å². The van der Waals surface area contributed by atoms with Crippen LogP contribution in [-0.4, -0.2) is 25.4 Å². The second-order valence-corrected chi connectivity index (χ2v) is 8.23. The highest BCUT2D eigenvalue weighted by Crippen LogP contribution is 2.20. The molecule has 144 valence electrons. The molecule has 3 rings (SSSR count). The quantitative estimate of drug-likeness (QED) is 0.555. The van der Waals surface area contributed by atoms with E-state index in [0.29, 0.717) is 23.5 Å². The number of carbonyl (C=O) groups excluding carboxylic acids is 2. The molecule has 2 amide bonds. The summed E-state index contributed by atoms with van der Waals surface area (Å²) in [6.45, 7) is 0.991. The lowest BCUT2D eigenvalue weighted by Crippen LogP contribution is -3.08. The maximum absolute atomic E-state index is 12.6. The van der Waals surface area contributed by atoms with Gasteiger partial charge in [-0.05, 0) is 36.4 Å². The van der Waals surface area contributed by atoms with Gasteiger partial charge in [-0.1, -0.05) is 41.9 Å². The molecule has 0 spiro atoms. The van der Waals surface area contributed by atoms with E-state index in [1.165, 1.54) is 11.3 Å². The molecule has 5 nitrogen and oxygen atoms in total. The molecule has 3 aromatic rings. The zero-order valence-electron chi connectivity index (χ0n) is 15.4. The first kappa shape index (κ1) is 20.1. The lowest BCUT2D eigenvalue weighted by Gasteiger charge is -2.14. The van der Waals surface area contributed by atoms with Crippen molar-refractivity contribution in [1.82, 2.24) is 0 Å². The van der Waals surface area contributed by atoms with E-state index in [4.69, 9.17) is 11.6 Å². The summed E-state index contributed by atoms with van der Waals surface area (Å²) in [5, 5.41) is 5.70. The predicted octanol–water partition coefficient (Wildman–Crippen LogP) is 3.31. The van der Waals surface area contributed by atoms with Crippen LogP contribution in [0, 0.1) is 0 Å². The minimum atomic E-state index is -0.268. The number of thiophene rings is 1. The number of hydrogen-bond donors (Lipinski definition) is 3. The fourth-order valence-electron chi connectivity index (χ4n) is 2.79. The first-order valence-corrected chi connectivity index (χ1v) is 10.0. The Labute approximate surface area is 172 Å². The number of carbonyl (C=O) groups is 2. The molecule has 0 radical (unpaired) electrons. The van der Waals surface area contributed by atoms with Crippen LogP contribution in [0.2, 0.25) is 4.34 Å². The Morgan fingerprint density at radius 3 is 2.39 bits per heavy atom. The molecule has 1 aromatic heterocycles. The van der Waals surface area contributed by atoms with E-state index in [-0.39, 0.29) is 18.4 Å². The second-order valence-electron chi connectivity index (χ2n) is 6.43. The first-order valence-electron chi connectivity index (χ1n) is 8.82. The van der Waals surface area contributed by atoms with E-state index >= 15 is 0 Å². The molecule has 28 heavy (non-hydrogen) atoms. The molecule has 3 N–H and O–H groups in total. The summed E-state index contributed by atoms with van der Waals surface area (Å²) in [4.78, 5) is 27.2. The number of nitrogens with one attached hydrogen (secondary N) is 3. The summed E-state index contributed by atoms with van der Waals surface area (Å²) < 4.78 is 0.741. The van der Waals surface area contributed by atoms with Crippen LogP contribution in [0.4, 0.5) is 11.4 Å². The average molecular weight is 415 g/mol. The Kier molecular flexibility index (Phi) is 6.81. The molecule has 0 aliphatic heterocycles. The number of likely N-dealkylation sites (N-methyl/N-ethyl adjacent to an activating group) is 1. The number of halogens is 1. The van der Waals surface area contributed by atoms with E-state index in [1.807, 2.05) is 49.5 Å². The van der Waals surface area contributed by atoms with E-state index in [1.54, 1.807) is 24.3 Å². The van der Waals surface area contributed by atoms with Crippen LogP contribution in [0.3, 0.4) is 0 Å². The van der Waals surface area contributed by atoms with Gasteiger partial charge in [0, 0.05) is 5.69 Å². The third-order valence-electron chi connectivity index (χ3n) is 4.04. The lowest BCUT2D eigenvalue weighted by molar-refractivity contribution is -0.884. The Morgan fingerprint density at radius 1 is 0.964 bits per heavy atom. The molecular formula is C21H21ClN3O2S+. The summed E-state index contributed by atoms with van der Waals surface area (Å²) in [5.41, 5.74) is 1.61. The molecule has 0 aliphatic carbocycles. The molecule has 0 saturated heterocycles. The van der Waals surface area contributed by atoms with E-state index in [9.17, 15) is 9.59 Å². The van der Waals surface area contributed by atoms with E-state index < -0.39 is 0 Å². The maximum Gasteiger partial charge on any atom is 0.279 e. The third-order valence-corrected chi connectivity index (χ3v) is 5.28. The van der Waals surface area contributed by atoms with Gasteiger partial charge in [0.2, 0.25) is 0 Å². The van der Waals surface area contributed by atoms with Crippen LogP contribution >= 0.6 is 22.9 Å². The van der Waals surface area contributed by atoms with E-state index in [2.05, 4.69) is 10.6 Å². The minimum absolute atomic E-state index is 0.153. The molecule has 1 atom stereocenters. The van der Waals surface area contributed by atoms with Gasteiger partial charge in [-0.25, -0.2) is 0 Å². The maximum atomic E-state index is 12.6. The van der Waals surface area contributed by atoms with Gasteiger partial charge in [0.05, 0.1) is 27.5 Å². The molecule has 0 saturated carbocycles. The summed E-state index contributed by atoms with van der Waals surface area (Å²) in [7, 11) is 1.95. The van der Waals surface area contributed by atoms with Gasteiger partial charge in [-0.2, -0.15) is 0 Å². The molecule has 0 fully saturated rings. The second kappa shape index (κ2) is 9.50. The minimum Gasteiger partial charge on any atom is -0.325 e. The van der Waals surface area contributed by atoms with Crippen LogP contribution in [0.25, 0.3) is 0 Å². The van der Waals surface area contributed by atoms with Gasteiger partial charge in [-0.3, -0.25) is 9.59 Å². The Morgan fingerprint density at radius 2 is 1.68 bits per heavy atom. The number of anilines is 2. The number of para-hydroxylation sites is 2. The summed E-state index contributed by atoms with van der Waals surface area (Å²) in [6, 6.07) is 20.0. The Hall–Kier alpha value is -2.67. The number of rotatable bonds is 7. The SMILES string of the molecule is C[NH+](CC(=O)Nc1ccccc1C(=O)Nc1ccccc1)Cc1ccc(Cl)s1. The molecule has 1 heterocycles. The molecule has 0 bridgehead atoms. The summed E-state index contributed by atoms with van der Waals surface area (Å²) in [6.07, 6.45) is 0. The normalized spacial score (nSPS) is 11.6. The van der Waals surface area contributed by atoms with Crippen molar-refractivity contribution in [3.63, 3.8) is 0 Å². The molecule has 7 heteroatoms. The van der Waals surface area contributed by atoms with Crippen molar-refractivity contribution in [1.29, 1.82) is 0 Å². The third kappa shape index (κ3) is 5.66. The van der Waals surface area contributed by atoms with Crippen molar-refractivity contribution in [2.24, 2.45) is 0 Å². The molecule has 1 unspecified atom stereocenters. The van der Waals surface area contributed by atoms with Gasteiger partial charge in [0.15, 0.2) is 6.54 Å². The highest BCUT2D eigenvalue weighted by Gasteiger charge is 2.16. The predicted molar refractivity (Wildman–Crippen MR) is 114 cm³/mol. The standard InChI is InChI=1S/C21H20ClN3O2S/c1-25(13-16-11-12-19(22)28-16)14-20(26)24-18-10-6-5-9-17(18)21(27)23-15-7-3-2-4-8-15/h2-12H,13-14H2,1H3,(H,23,27)(H,24,26)/p+1. The zero-order valence-corrected chi connectivity index (χ0v) is 16.9. The van der Waals surface area contributed by atoms with Gasteiger partial charge in [0.25, 0.3) is 11.8 Å². The Balaban J connectivity index is 1.62. The smallest absolute Gasteiger partial charge is 0.279 e. The van der Waals surface area contributed by atoms with Crippen molar-refractivity contribution in [3.05, 3.63) is 81.5 Å². The monoisotopic (exact) mass is 414 g/mol. The number of hydrogen-bond acceptors (Lipinski definition) is 3. The lowest BCUT2D eigenvalue weighted by atomic mass is 10.1. The fourth-order valence-corrected chi connectivity index (χ4v) is 3.99. The Bertz CT molecular complexity index is 959. The molecular weight excluding hydrogens is 394 g/mol. The van der Waals surface area contributed by atoms with Crippen molar-refractivity contribution >= 4 is 46.1 Å². The van der Waals surface area contributed by atoms with Gasteiger partial charge in [-0.15, -0.1) is 11.3 Å². The van der Waals surface area contributed by atoms with Crippen molar-refractivity contribution in [3.8, 4) is 0 Å². The highest BCUT2D eigenvalue weighted by molar-refractivity contribution is 7.16. The number of quaternary nitrogens is 1. The zero-order chi connectivity index (χ0) is 19.9. The molecule has 0 aliphatic rings. The van der Waals surface area contributed by atoms with Crippen molar-refractivity contribution in [2.45, 2.75) is 6.54 Å². The van der Waals surface area contributed by atoms with Crippen LogP contribution in [0.5, 0.6) is 0 Å².